The van der Waals surface area contributed by atoms with Crippen molar-refractivity contribution in [3.8, 4) is 5.75 Å². The van der Waals surface area contributed by atoms with Crippen LogP contribution in [-0.2, 0) is 6.54 Å². The van der Waals surface area contributed by atoms with Crippen LogP contribution in [0.1, 0.15) is 23.1 Å². The average molecular weight is 236 g/mol. The summed E-state index contributed by atoms with van der Waals surface area (Å²) in [7, 11) is 3.71. The van der Waals surface area contributed by atoms with Crippen molar-refractivity contribution < 1.29 is 4.74 Å². The number of benzene rings is 1. The molecule has 0 bridgehead atoms. The highest BCUT2D eigenvalue weighted by atomic mass is 16.5. The summed E-state index contributed by atoms with van der Waals surface area (Å²) in [6.45, 7) is 7.19. The van der Waals surface area contributed by atoms with Crippen molar-refractivity contribution >= 4 is 0 Å². The van der Waals surface area contributed by atoms with Gasteiger partial charge in [0, 0.05) is 12.1 Å². The molecule has 0 amide bonds. The second kappa shape index (κ2) is 7.30. The van der Waals surface area contributed by atoms with E-state index in [1.54, 1.807) is 7.11 Å². The van der Waals surface area contributed by atoms with Crippen molar-refractivity contribution in [1.82, 2.24) is 10.6 Å². The Morgan fingerprint density at radius 1 is 1.18 bits per heavy atom. The Balaban J connectivity index is 2.57. The molecule has 0 unspecified atom stereocenters. The molecule has 1 aromatic rings. The fraction of sp³-hybridized carbons (Fsp3) is 0.571. The summed E-state index contributed by atoms with van der Waals surface area (Å²) in [5, 5.41) is 6.59. The van der Waals surface area contributed by atoms with Crippen LogP contribution in [0.3, 0.4) is 0 Å². The van der Waals surface area contributed by atoms with Crippen LogP contribution >= 0.6 is 0 Å². The van der Waals surface area contributed by atoms with Crippen LogP contribution in [-0.4, -0.2) is 27.2 Å². The van der Waals surface area contributed by atoms with E-state index in [4.69, 9.17) is 4.74 Å². The van der Waals surface area contributed by atoms with Crippen molar-refractivity contribution in [2.75, 3.05) is 27.2 Å². The van der Waals surface area contributed by atoms with E-state index in [9.17, 15) is 0 Å². The maximum Gasteiger partial charge on any atom is 0.123 e. The van der Waals surface area contributed by atoms with Gasteiger partial charge in [0.2, 0.25) is 0 Å². The highest BCUT2D eigenvalue weighted by Crippen LogP contribution is 2.23. The summed E-state index contributed by atoms with van der Waals surface area (Å²) in [6, 6.07) is 4.30. The molecule has 0 heterocycles. The molecule has 0 aliphatic carbocycles. The van der Waals surface area contributed by atoms with Gasteiger partial charge in [-0.1, -0.05) is 6.07 Å². The van der Waals surface area contributed by atoms with Gasteiger partial charge in [-0.25, -0.2) is 0 Å². The van der Waals surface area contributed by atoms with Crippen molar-refractivity contribution in [3.05, 3.63) is 28.8 Å². The largest absolute Gasteiger partial charge is 0.496 e. The number of rotatable bonds is 7. The summed E-state index contributed by atoms with van der Waals surface area (Å²) in [6.07, 6.45) is 1.14. The zero-order chi connectivity index (χ0) is 12.7. The lowest BCUT2D eigenvalue weighted by Crippen LogP contribution is -2.20. The molecule has 3 heteroatoms. The van der Waals surface area contributed by atoms with Crippen LogP contribution in [0.25, 0.3) is 0 Å². The van der Waals surface area contributed by atoms with Gasteiger partial charge in [-0.15, -0.1) is 0 Å². The van der Waals surface area contributed by atoms with Crippen LogP contribution in [0, 0.1) is 13.8 Å². The molecule has 3 nitrogen and oxygen atoms in total. The molecule has 17 heavy (non-hydrogen) atoms. The molecule has 2 N–H and O–H groups in total. The van der Waals surface area contributed by atoms with E-state index in [0.29, 0.717) is 0 Å². The number of hydrogen-bond donors (Lipinski definition) is 2. The molecule has 0 saturated carbocycles. The molecule has 0 radical (unpaired) electrons. The topological polar surface area (TPSA) is 33.3 Å². The van der Waals surface area contributed by atoms with Crippen molar-refractivity contribution in [1.29, 1.82) is 0 Å². The molecule has 0 fully saturated rings. The average Bonchev–Trinajstić information content (AvgIpc) is 2.30. The second-order valence-electron chi connectivity index (χ2n) is 4.40. The third kappa shape index (κ3) is 4.36. The molecule has 0 aliphatic rings. The van der Waals surface area contributed by atoms with E-state index >= 15 is 0 Å². The van der Waals surface area contributed by atoms with Crippen LogP contribution in [0.15, 0.2) is 12.1 Å². The van der Waals surface area contributed by atoms with E-state index in [1.807, 2.05) is 7.05 Å². The minimum Gasteiger partial charge on any atom is -0.496 e. The molecule has 1 aromatic carbocycles. The Kier molecular flexibility index (Phi) is 6.01. The fourth-order valence-corrected chi connectivity index (χ4v) is 1.97. The van der Waals surface area contributed by atoms with E-state index in [-0.39, 0.29) is 0 Å². The van der Waals surface area contributed by atoms with Gasteiger partial charge in [0.05, 0.1) is 7.11 Å². The first-order valence-electron chi connectivity index (χ1n) is 6.18. The second-order valence-corrected chi connectivity index (χ2v) is 4.40. The summed E-state index contributed by atoms with van der Waals surface area (Å²) in [4.78, 5) is 0. The fourth-order valence-electron chi connectivity index (χ4n) is 1.97. The summed E-state index contributed by atoms with van der Waals surface area (Å²) in [5.74, 6) is 0.989. The SMILES string of the molecule is CNCCCNCc1c(C)cc(C)cc1OC. The number of ether oxygens (including phenoxy) is 1. The van der Waals surface area contributed by atoms with E-state index in [1.165, 1.54) is 16.7 Å². The molecule has 0 saturated heterocycles. The molecule has 0 spiro atoms. The van der Waals surface area contributed by atoms with Crippen LogP contribution in [0.5, 0.6) is 5.75 Å². The van der Waals surface area contributed by atoms with Gasteiger partial charge in [0.25, 0.3) is 0 Å². The number of nitrogens with one attached hydrogen (secondary N) is 2. The van der Waals surface area contributed by atoms with Gasteiger partial charge in [-0.05, 0) is 57.6 Å². The quantitative estimate of drug-likeness (QED) is 0.711. The number of aryl methyl sites for hydroxylation is 2. The first-order valence-corrected chi connectivity index (χ1v) is 6.18. The Morgan fingerprint density at radius 2 is 1.94 bits per heavy atom. The van der Waals surface area contributed by atoms with Crippen LogP contribution in [0.4, 0.5) is 0 Å². The lowest BCUT2D eigenvalue weighted by Gasteiger charge is -2.13. The minimum atomic E-state index is 0.874. The third-order valence-electron chi connectivity index (χ3n) is 2.88. The predicted octanol–water partition coefficient (Wildman–Crippen LogP) is 2.01. The maximum atomic E-state index is 5.43. The molecular weight excluding hydrogens is 212 g/mol. The standard InChI is InChI=1S/C14H24N2O/c1-11-8-12(2)13(14(9-11)17-4)10-16-7-5-6-15-3/h8-9,15-16H,5-7,10H2,1-4H3. The van der Waals surface area contributed by atoms with Gasteiger partial charge < -0.3 is 15.4 Å². The summed E-state index contributed by atoms with van der Waals surface area (Å²) >= 11 is 0. The molecule has 96 valence electrons. The lowest BCUT2D eigenvalue weighted by molar-refractivity contribution is 0.406. The Hall–Kier alpha value is -1.06. The Bertz CT molecular complexity index is 350. The van der Waals surface area contributed by atoms with Gasteiger partial charge in [-0.3, -0.25) is 0 Å². The zero-order valence-electron chi connectivity index (χ0n) is 11.4. The van der Waals surface area contributed by atoms with Crippen LogP contribution < -0.4 is 15.4 Å². The molecule has 0 aromatic heterocycles. The first kappa shape index (κ1) is 14.0. The normalized spacial score (nSPS) is 10.6. The summed E-state index contributed by atoms with van der Waals surface area (Å²) < 4.78 is 5.43. The van der Waals surface area contributed by atoms with Gasteiger partial charge in [0.15, 0.2) is 0 Å². The van der Waals surface area contributed by atoms with E-state index in [2.05, 4.69) is 36.6 Å². The Labute approximate surface area is 105 Å². The molecule has 0 atom stereocenters. The maximum absolute atomic E-state index is 5.43. The predicted molar refractivity (Wildman–Crippen MR) is 72.7 cm³/mol. The first-order chi connectivity index (χ1) is 8.19. The van der Waals surface area contributed by atoms with Crippen LogP contribution in [0.2, 0.25) is 0 Å². The summed E-state index contributed by atoms with van der Waals surface area (Å²) in [5.41, 5.74) is 3.81. The lowest BCUT2D eigenvalue weighted by atomic mass is 10.0. The number of hydrogen-bond acceptors (Lipinski definition) is 3. The third-order valence-corrected chi connectivity index (χ3v) is 2.88. The highest BCUT2D eigenvalue weighted by Gasteiger charge is 2.06. The monoisotopic (exact) mass is 236 g/mol. The zero-order valence-corrected chi connectivity index (χ0v) is 11.4. The van der Waals surface area contributed by atoms with Crippen molar-refractivity contribution in [2.45, 2.75) is 26.8 Å². The molecular formula is C14H24N2O. The smallest absolute Gasteiger partial charge is 0.123 e. The van der Waals surface area contributed by atoms with E-state index in [0.717, 1.165) is 31.8 Å². The van der Waals surface area contributed by atoms with Gasteiger partial charge in [0.1, 0.15) is 5.75 Å². The van der Waals surface area contributed by atoms with Gasteiger partial charge >= 0.3 is 0 Å². The van der Waals surface area contributed by atoms with Crippen molar-refractivity contribution in [3.63, 3.8) is 0 Å². The van der Waals surface area contributed by atoms with Crippen molar-refractivity contribution in [2.24, 2.45) is 0 Å². The molecule has 0 aliphatic heterocycles. The minimum absolute atomic E-state index is 0.874. The molecule has 1 rings (SSSR count). The number of methoxy groups -OCH3 is 1. The van der Waals surface area contributed by atoms with E-state index < -0.39 is 0 Å². The Morgan fingerprint density at radius 3 is 2.59 bits per heavy atom. The van der Waals surface area contributed by atoms with Gasteiger partial charge in [-0.2, -0.15) is 0 Å². The highest BCUT2D eigenvalue weighted by molar-refractivity contribution is 5.42.